The fourth-order valence-corrected chi connectivity index (χ4v) is 3.31. The third-order valence-corrected chi connectivity index (χ3v) is 4.69. The van der Waals surface area contributed by atoms with Gasteiger partial charge in [-0.1, -0.05) is 0 Å². The number of thiazole rings is 1. The van der Waals surface area contributed by atoms with Gasteiger partial charge in [0.25, 0.3) is 5.91 Å². The SMILES string of the molecule is CC(=O)Nc1ccc(-c2nc(C(=O)NCc3ccncc3)c(C)s2)cc1. The molecule has 7 heteroatoms. The molecule has 1 aromatic carbocycles. The zero-order valence-electron chi connectivity index (χ0n) is 14.4. The van der Waals surface area contributed by atoms with Crippen LogP contribution in [-0.4, -0.2) is 21.8 Å². The Morgan fingerprint density at radius 3 is 2.42 bits per heavy atom. The van der Waals surface area contributed by atoms with Gasteiger partial charge in [0.05, 0.1) is 0 Å². The maximum absolute atomic E-state index is 12.4. The number of nitrogens with zero attached hydrogens (tertiary/aromatic N) is 2. The van der Waals surface area contributed by atoms with Crippen LogP contribution in [0.15, 0.2) is 48.8 Å². The summed E-state index contributed by atoms with van der Waals surface area (Å²) in [5, 5.41) is 6.38. The summed E-state index contributed by atoms with van der Waals surface area (Å²) in [5.74, 6) is -0.312. The number of pyridine rings is 1. The number of amides is 2. The van der Waals surface area contributed by atoms with Crippen LogP contribution >= 0.6 is 11.3 Å². The van der Waals surface area contributed by atoms with E-state index >= 15 is 0 Å². The van der Waals surface area contributed by atoms with Crippen LogP contribution in [0.25, 0.3) is 10.6 Å². The Morgan fingerprint density at radius 2 is 1.77 bits per heavy atom. The topological polar surface area (TPSA) is 84.0 Å². The monoisotopic (exact) mass is 366 g/mol. The van der Waals surface area contributed by atoms with E-state index in [1.54, 1.807) is 12.4 Å². The molecule has 132 valence electrons. The van der Waals surface area contributed by atoms with Crippen molar-refractivity contribution in [1.29, 1.82) is 0 Å². The van der Waals surface area contributed by atoms with Gasteiger partial charge in [-0.15, -0.1) is 11.3 Å². The molecule has 0 bridgehead atoms. The fraction of sp³-hybridized carbons (Fsp3) is 0.158. The average Bonchev–Trinajstić information content (AvgIpc) is 3.02. The molecule has 0 aliphatic heterocycles. The summed E-state index contributed by atoms with van der Waals surface area (Å²) in [5.41, 5.74) is 3.05. The lowest BCUT2D eigenvalue weighted by Crippen LogP contribution is -2.23. The van der Waals surface area contributed by atoms with Gasteiger partial charge in [-0.25, -0.2) is 4.98 Å². The van der Waals surface area contributed by atoms with Crippen molar-refractivity contribution in [3.8, 4) is 10.6 Å². The minimum Gasteiger partial charge on any atom is -0.347 e. The van der Waals surface area contributed by atoms with Crippen molar-refractivity contribution < 1.29 is 9.59 Å². The summed E-state index contributed by atoms with van der Waals surface area (Å²) >= 11 is 1.47. The highest BCUT2D eigenvalue weighted by Crippen LogP contribution is 2.28. The van der Waals surface area contributed by atoms with Crippen molar-refractivity contribution in [3.05, 3.63) is 64.9 Å². The molecule has 2 N–H and O–H groups in total. The van der Waals surface area contributed by atoms with Gasteiger partial charge in [-0.2, -0.15) is 0 Å². The first-order valence-electron chi connectivity index (χ1n) is 8.05. The Bertz CT molecular complexity index is 920. The maximum Gasteiger partial charge on any atom is 0.271 e. The third-order valence-electron chi connectivity index (χ3n) is 3.67. The Balaban J connectivity index is 1.72. The Labute approximate surface area is 155 Å². The quantitative estimate of drug-likeness (QED) is 0.725. The van der Waals surface area contributed by atoms with E-state index in [9.17, 15) is 9.59 Å². The first kappa shape index (κ1) is 17.8. The van der Waals surface area contributed by atoms with E-state index in [2.05, 4.69) is 20.6 Å². The van der Waals surface area contributed by atoms with E-state index in [-0.39, 0.29) is 11.8 Å². The van der Waals surface area contributed by atoms with E-state index in [0.717, 1.165) is 26.7 Å². The molecule has 0 unspecified atom stereocenters. The van der Waals surface area contributed by atoms with Gasteiger partial charge in [-0.3, -0.25) is 14.6 Å². The molecule has 0 aliphatic rings. The average molecular weight is 366 g/mol. The van der Waals surface area contributed by atoms with E-state index < -0.39 is 0 Å². The highest BCUT2D eigenvalue weighted by molar-refractivity contribution is 7.15. The van der Waals surface area contributed by atoms with Crippen LogP contribution in [0.1, 0.15) is 27.9 Å². The number of aromatic nitrogens is 2. The second-order valence-electron chi connectivity index (χ2n) is 5.72. The largest absolute Gasteiger partial charge is 0.347 e. The van der Waals surface area contributed by atoms with Gasteiger partial charge in [0.15, 0.2) is 0 Å². The number of carbonyl (C=O) groups excluding carboxylic acids is 2. The Morgan fingerprint density at radius 1 is 1.08 bits per heavy atom. The summed E-state index contributed by atoms with van der Waals surface area (Å²) in [4.78, 5) is 32.8. The van der Waals surface area contributed by atoms with Crippen molar-refractivity contribution in [1.82, 2.24) is 15.3 Å². The number of nitrogens with one attached hydrogen (secondary N) is 2. The van der Waals surface area contributed by atoms with Crippen molar-refractivity contribution >= 4 is 28.8 Å². The van der Waals surface area contributed by atoms with Crippen molar-refractivity contribution in [2.75, 3.05) is 5.32 Å². The number of rotatable bonds is 5. The molecule has 2 amide bonds. The van der Waals surface area contributed by atoms with E-state index in [1.165, 1.54) is 18.3 Å². The van der Waals surface area contributed by atoms with Gasteiger partial charge in [0, 0.05) is 42.0 Å². The smallest absolute Gasteiger partial charge is 0.271 e. The lowest BCUT2D eigenvalue weighted by atomic mass is 10.2. The fourth-order valence-electron chi connectivity index (χ4n) is 2.40. The van der Waals surface area contributed by atoms with Crippen molar-refractivity contribution in [2.45, 2.75) is 20.4 Å². The predicted octanol–water partition coefficient (Wildman–Crippen LogP) is 3.40. The van der Waals surface area contributed by atoms with Gasteiger partial charge >= 0.3 is 0 Å². The molecule has 0 aliphatic carbocycles. The van der Waals surface area contributed by atoms with Crippen LogP contribution in [0.3, 0.4) is 0 Å². The lowest BCUT2D eigenvalue weighted by Gasteiger charge is -2.04. The van der Waals surface area contributed by atoms with E-state index in [0.29, 0.717) is 12.2 Å². The summed E-state index contributed by atoms with van der Waals surface area (Å²) in [6.07, 6.45) is 3.39. The number of hydrogen-bond acceptors (Lipinski definition) is 5. The lowest BCUT2D eigenvalue weighted by molar-refractivity contribution is -0.114. The number of aryl methyl sites for hydroxylation is 1. The van der Waals surface area contributed by atoms with Crippen LogP contribution in [0.2, 0.25) is 0 Å². The molecule has 0 atom stereocenters. The zero-order valence-corrected chi connectivity index (χ0v) is 15.3. The normalized spacial score (nSPS) is 10.4. The Kier molecular flexibility index (Phi) is 5.38. The summed E-state index contributed by atoms with van der Waals surface area (Å²) in [7, 11) is 0. The summed E-state index contributed by atoms with van der Waals surface area (Å²) in [6, 6.07) is 11.1. The molecular formula is C19H18N4O2S. The Hall–Kier alpha value is -3.06. The molecule has 0 saturated heterocycles. The standard InChI is InChI=1S/C19H18N4O2S/c1-12-17(18(25)21-11-14-7-9-20-10-8-14)23-19(26-12)15-3-5-16(6-4-15)22-13(2)24/h3-10H,11H2,1-2H3,(H,21,25)(H,22,24). The first-order chi connectivity index (χ1) is 12.5. The van der Waals surface area contributed by atoms with Gasteiger partial charge < -0.3 is 10.6 Å². The molecule has 6 nitrogen and oxygen atoms in total. The number of hydrogen-bond donors (Lipinski definition) is 2. The second-order valence-corrected chi connectivity index (χ2v) is 6.92. The van der Waals surface area contributed by atoms with Gasteiger partial charge in [0.1, 0.15) is 10.7 Å². The summed E-state index contributed by atoms with van der Waals surface area (Å²) in [6.45, 7) is 3.78. The number of anilines is 1. The van der Waals surface area contributed by atoms with E-state index in [4.69, 9.17) is 0 Å². The summed E-state index contributed by atoms with van der Waals surface area (Å²) < 4.78 is 0. The molecule has 2 aromatic heterocycles. The van der Waals surface area contributed by atoms with Crippen LogP contribution in [0.5, 0.6) is 0 Å². The maximum atomic E-state index is 12.4. The zero-order chi connectivity index (χ0) is 18.5. The highest BCUT2D eigenvalue weighted by Gasteiger charge is 2.16. The number of benzene rings is 1. The van der Waals surface area contributed by atoms with Gasteiger partial charge in [-0.05, 0) is 48.9 Å². The molecule has 3 rings (SSSR count). The molecule has 0 saturated carbocycles. The van der Waals surface area contributed by atoms with Crippen molar-refractivity contribution in [3.63, 3.8) is 0 Å². The molecule has 0 spiro atoms. The molecule has 0 radical (unpaired) electrons. The molecule has 26 heavy (non-hydrogen) atoms. The van der Waals surface area contributed by atoms with Gasteiger partial charge in [0.2, 0.25) is 5.91 Å². The first-order valence-corrected chi connectivity index (χ1v) is 8.87. The van der Waals surface area contributed by atoms with E-state index in [1.807, 2.05) is 43.3 Å². The third kappa shape index (κ3) is 4.31. The molecular weight excluding hydrogens is 348 g/mol. The van der Waals surface area contributed by atoms with Crippen molar-refractivity contribution in [2.24, 2.45) is 0 Å². The highest BCUT2D eigenvalue weighted by atomic mass is 32.1. The number of carbonyl (C=O) groups is 2. The predicted molar refractivity (Wildman–Crippen MR) is 102 cm³/mol. The molecule has 0 fully saturated rings. The van der Waals surface area contributed by atoms with Crippen LogP contribution in [-0.2, 0) is 11.3 Å². The van der Waals surface area contributed by atoms with Crippen LogP contribution in [0, 0.1) is 6.92 Å². The molecule has 2 heterocycles. The molecule has 3 aromatic rings. The van der Waals surface area contributed by atoms with Crippen LogP contribution in [0.4, 0.5) is 5.69 Å². The minimum atomic E-state index is -0.198. The second kappa shape index (κ2) is 7.88. The van der Waals surface area contributed by atoms with Crippen LogP contribution < -0.4 is 10.6 Å². The minimum absolute atomic E-state index is 0.115.